The van der Waals surface area contributed by atoms with Crippen LogP contribution < -0.4 is 0 Å². The number of quaternary nitrogens is 1. The lowest BCUT2D eigenvalue weighted by atomic mass is 10.1. The molecule has 110 valence electrons. The summed E-state index contributed by atoms with van der Waals surface area (Å²) in [4.78, 5) is 11.4. The molecule has 1 aliphatic rings. The first-order valence-corrected chi connectivity index (χ1v) is 7.65. The van der Waals surface area contributed by atoms with E-state index in [4.69, 9.17) is 4.74 Å². The van der Waals surface area contributed by atoms with Gasteiger partial charge in [-0.25, -0.2) is 0 Å². The highest BCUT2D eigenvalue weighted by atomic mass is 16.5. The summed E-state index contributed by atoms with van der Waals surface area (Å²) in [7, 11) is 2.30. The van der Waals surface area contributed by atoms with E-state index in [0.717, 1.165) is 16.6 Å². The van der Waals surface area contributed by atoms with Crippen LogP contribution in [0.2, 0.25) is 0 Å². The Labute approximate surface area is 122 Å². The Balaban J connectivity index is 2.12. The first-order valence-electron chi connectivity index (χ1n) is 7.65. The number of carbonyl (C=O) groups excluding carboxylic acids is 1. The molecule has 3 nitrogen and oxygen atoms in total. The van der Waals surface area contributed by atoms with Crippen LogP contribution in [0.4, 0.5) is 0 Å². The van der Waals surface area contributed by atoms with E-state index in [1.165, 1.54) is 45.7 Å². The summed E-state index contributed by atoms with van der Waals surface area (Å²) in [6.07, 6.45) is 5.09. The minimum atomic E-state index is -0.194. The topological polar surface area (TPSA) is 26.3 Å². The predicted molar refractivity (Wildman–Crippen MR) is 80.2 cm³/mol. The second-order valence-corrected chi connectivity index (χ2v) is 6.17. The van der Waals surface area contributed by atoms with Gasteiger partial charge in [-0.1, -0.05) is 30.3 Å². The molecule has 0 unspecified atom stereocenters. The van der Waals surface area contributed by atoms with Crippen LogP contribution in [0.3, 0.4) is 0 Å². The third-order valence-corrected chi connectivity index (χ3v) is 4.23. The Hall–Kier alpha value is -1.35. The molecule has 0 N–H and O–H groups in total. The average Bonchev–Trinajstić information content (AvgIpc) is 2.63. The van der Waals surface area contributed by atoms with Crippen molar-refractivity contribution in [3.05, 3.63) is 35.9 Å². The second kappa shape index (κ2) is 6.89. The van der Waals surface area contributed by atoms with Gasteiger partial charge in [-0.15, -0.1) is 0 Å². The van der Waals surface area contributed by atoms with E-state index in [-0.39, 0.29) is 12.1 Å². The zero-order chi connectivity index (χ0) is 14.4. The lowest BCUT2D eigenvalue weighted by Gasteiger charge is -2.36. The molecule has 0 bridgehead atoms. The molecular formula is C17H26NO2+. The molecular weight excluding hydrogens is 250 g/mol. The quantitative estimate of drug-likeness (QED) is 0.623. The van der Waals surface area contributed by atoms with E-state index in [1.807, 2.05) is 18.2 Å². The molecule has 1 atom stereocenters. The van der Waals surface area contributed by atoms with E-state index < -0.39 is 0 Å². The summed E-state index contributed by atoms with van der Waals surface area (Å²) in [6, 6.07) is 10.1. The van der Waals surface area contributed by atoms with Gasteiger partial charge in [0.1, 0.15) is 6.54 Å². The number of hydrogen-bond acceptors (Lipinski definition) is 2. The molecule has 0 amide bonds. The summed E-state index contributed by atoms with van der Waals surface area (Å²) >= 11 is 0. The highest BCUT2D eigenvalue weighted by Gasteiger charge is 2.30. The lowest BCUT2D eigenvalue weighted by molar-refractivity contribution is -0.912. The van der Waals surface area contributed by atoms with Crippen molar-refractivity contribution >= 4 is 5.97 Å². The van der Waals surface area contributed by atoms with Crippen molar-refractivity contribution in [1.82, 2.24) is 0 Å². The smallest absolute Gasteiger partial charge is 0.303 e. The molecule has 1 aromatic carbocycles. The van der Waals surface area contributed by atoms with Gasteiger partial charge in [0.15, 0.2) is 6.10 Å². The van der Waals surface area contributed by atoms with Crippen molar-refractivity contribution in [3.8, 4) is 0 Å². The Bertz CT molecular complexity index is 422. The van der Waals surface area contributed by atoms with E-state index in [2.05, 4.69) is 19.2 Å². The van der Waals surface area contributed by atoms with Crippen molar-refractivity contribution in [3.63, 3.8) is 0 Å². The van der Waals surface area contributed by atoms with Crippen molar-refractivity contribution in [2.75, 3.05) is 26.7 Å². The standard InChI is InChI=1S/C17H26NO2/c1-15(19)20-17(16-10-6-5-7-11-16)14-18(2)12-8-3-4-9-13-18/h5-7,10-11,17H,3-4,8-9,12-14H2,1-2H3/q+1/t17-/m1/s1. The van der Waals surface area contributed by atoms with E-state index in [0.29, 0.717) is 0 Å². The Morgan fingerprint density at radius 3 is 2.30 bits per heavy atom. The van der Waals surface area contributed by atoms with Crippen LogP contribution in [0.15, 0.2) is 30.3 Å². The van der Waals surface area contributed by atoms with Gasteiger partial charge in [-0.3, -0.25) is 4.79 Å². The zero-order valence-electron chi connectivity index (χ0n) is 12.7. The number of carbonyl (C=O) groups is 1. The van der Waals surface area contributed by atoms with Gasteiger partial charge in [0.25, 0.3) is 0 Å². The fourth-order valence-corrected chi connectivity index (χ4v) is 3.11. The first-order chi connectivity index (χ1) is 9.59. The summed E-state index contributed by atoms with van der Waals surface area (Å²) in [5.41, 5.74) is 1.10. The number of likely N-dealkylation sites (N-methyl/N-ethyl adjacent to an activating group) is 1. The normalized spacial score (nSPS) is 19.9. The number of hydrogen-bond donors (Lipinski definition) is 0. The molecule has 0 aromatic heterocycles. The maximum atomic E-state index is 11.4. The highest BCUT2D eigenvalue weighted by molar-refractivity contribution is 5.66. The fraction of sp³-hybridized carbons (Fsp3) is 0.588. The molecule has 1 aliphatic heterocycles. The molecule has 1 saturated heterocycles. The molecule has 2 rings (SSSR count). The SMILES string of the molecule is CC(=O)O[C@H](C[N+]1(C)CCCCCC1)c1ccccc1. The number of benzene rings is 1. The van der Waals surface area contributed by atoms with Crippen LogP contribution in [0.5, 0.6) is 0 Å². The molecule has 0 radical (unpaired) electrons. The van der Waals surface area contributed by atoms with Gasteiger partial charge in [0.2, 0.25) is 0 Å². The first kappa shape index (κ1) is 15.0. The van der Waals surface area contributed by atoms with Gasteiger partial charge < -0.3 is 9.22 Å². The number of rotatable bonds is 4. The minimum Gasteiger partial charge on any atom is -0.452 e. The molecule has 0 saturated carbocycles. The second-order valence-electron chi connectivity index (χ2n) is 6.17. The van der Waals surface area contributed by atoms with Crippen LogP contribution in [0.25, 0.3) is 0 Å². The maximum Gasteiger partial charge on any atom is 0.303 e. The largest absolute Gasteiger partial charge is 0.452 e. The van der Waals surface area contributed by atoms with Crippen molar-refractivity contribution < 1.29 is 14.0 Å². The highest BCUT2D eigenvalue weighted by Crippen LogP contribution is 2.25. The van der Waals surface area contributed by atoms with Crippen LogP contribution >= 0.6 is 0 Å². The van der Waals surface area contributed by atoms with Gasteiger partial charge >= 0.3 is 5.97 Å². The Morgan fingerprint density at radius 1 is 1.15 bits per heavy atom. The molecule has 0 aliphatic carbocycles. The third kappa shape index (κ3) is 4.34. The van der Waals surface area contributed by atoms with Gasteiger partial charge in [-0.2, -0.15) is 0 Å². The summed E-state index contributed by atoms with van der Waals surface area (Å²) < 4.78 is 6.60. The monoisotopic (exact) mass is 276 g/mol. The van der Waals surface area contributed by atoms with Crippen LogP contribution in [0.1, 0.15) is 44.3 Å². The van der Waals surface area contributed by atoms with Gasteiger partial charge in [0, 0.05) is 6.92 Å². The third-order valence-electron chi connectivity index (χ3n) is 4.23. The maximum absolute atomic E-state index is 11.4. The average molecular weight is 276 g/mol. The van der Waals surface area contributed by atoms with E-state index in [9.17, 15) is 4.79 Å². The predicted octanol–water partition coefficient (Wildman–Crippen LogP) is 3.31. The van der Waals surface area contributed by atoms with Crippen LogP contribution in [-0.4, -0.2) is 37.1 Å². The number of nitrogens with zero attached hydrogens (tertiary/aromatic N) is 1. The van der Waals surface area contributed by atoms with Crippen molar-refractivity contribution in [1.29, 1.82) is 0 Å². The molecule has 20 heavy (non-hydrogen) atoms. The van der Waals surface area contributed by atoms with Crippen LogP contribution in [0, 0.1) is 0 Å². The molecule has 3 heteroatoms. The number of ether oxygens (including phenoxy) is 1. The summed E-state index contributed by atoms with van der Waals surface area (Å²) in [5, 5.41) is 0. The molecule has 0 spiro atoms. The fourth-order valence-electron chi connectivity index (χ4n) is 3.11. The Kier molecular flexibility index (Phi) is 5.18. The lowest BCUT2D eigenvalue weighted by Crippen LogP contribution is -2.48. The van der Waals surface area contributed by atoms with Crippen molar-refractivity contribution in [2.45, 2.75) is 38.7 Å². The number of likely N-dealkylation sites (tertiary alicyclic amines) is 1. The molecule has 1 aromatic rings. The van der Waals surface area contributed by atoms with Crippen molar-refractivity contribution in [2.24, 2.45) is 0 Å². The molecule has 1 heterocycles. The van der Waals surface area contributed by atoms with Gasteiger partial charge in [-0.05, 0) is 31.2 Å². The van der Waals surface area contributed by atoms with E-state index >= 15 is 0 Å². The summed E-state index contributed by atoms with van der Waals surface area (Å²) in [5.74, 6) is -0.194. The molecule has 1 fully saturated rings. The number of esters is 1. The van der Waals surface area contributed by atoms with Crippen LogP contribution in [-0.2, 0) is 9.53 Å². The zero-order valence-corrected chi connectivity index (χ0v) is 12.7. The minimum absolute atomic E-state index is 0.128. The summed E-state index contributed by atoms with van der Waals surface area (Å²) in [6.45, 7) is 4.75. The van der Waals surface area contributed by atoms with E-state index in [1.54, 1.807) is 0 Å². The van der Waals surface area contributed by atoms with Gasteiger partial charge in [0.05, 0.1) is 20.1 Å². The Morgan fingerprint density at radius 2 is 1.75 bits per heavy atom.